The maximum absolute atomic E-state index is 12.1. The minimum Gasteiger partial charge on any atom is -0.389 e. The number of hydrogen-bond acceptors (Lipinski definition) is 3. The van der Waals surface area contributed by atoms with E-state index in [2.05, 4.69) is 0 Å². The van der Waals surface area contributed by atoms with Gasteiger partial charge in [0.1, 0.15) is 0 Å². The molecule has 108 valence electrons. The number of aliphatic hydroxyl groups is 1. The Bertz CT molecular complexity index is 553. The second-order valence-electron chi connectivity index (χ2n) is 5.07. The third-order valence-electron chi connectivity index (χ3n) is 2.42. The lowest BCUT2D eigenvalue weighted by Gasteiger charge is -2.25. The molecule has 0 aromatic heterocycles. The molecule has 0 saturated carbocycles. The summed E-state index contributed by atoms with van der Waals surface area (Å²) in [5.74, 6) is -0.184. The predicted octanol–water partition coefficient (Wildman–Crippen LogP) is 2.53. The average molecular weight is 326 g/mol. The number of rotatable bonds is 5. The zero-order valence-electron chi connectivity index (χ0n) is 11.0. The van der Waals surface area contributed by atoms with Crippen LogP contribution in [0.4, 0.5) is 0 Å². The molecule has 19 heavy (non-hydrogen) atoms. The van der Waals surface area contributed by atoms with Crippen LogP contribution in [0, 0.1) is 0 Å². The maximum atomic E-state index is 12.1. The Balaban J connectivity index is 2.87. The molecule has 0 atom stereocenters. The van der Waals surface area contributed by atoms with E-state index in [0.29, 0.717) is 15.6 Å². The molecule has 0 saturated heterocycles. The van der Waals surface area contributed by atoms with Gasteiger partial charge in [-0.05, 0) is 31.5 Å². The average Bonchev–Trinajstić information content (AvgIpc) is 2.20. The largest absolute Gasteiger partial charge is 0.389 e. The molecule has 1 aromatic rings. The predicted molar refractivity (Wildman–Crippen MR) is 78.0 cm³/mol. The molecule has 0 fully saturated rings. The lowest BCUT2D eigenvalue weighted by Crippen LogP contribution is -2.40. The van der Waals surface area contributed by atoms with Gasteiger partial charge in [0.15, 0.2) is 0 Å². The van der Waals surface area contributed by atoms with E-state index in [1.54, 1.807) is 26.0 Å². The fourth-order valence-corrected chi connectivity index (χ4v) is 3.25. The Labute approximate surface area is 124 Å². The third kappa shape index (κ3) is 5.28. The Morgan fingerprint density at radius 2 is 1.84 bits per heavy atom. The lowest BCUT2D eigenvalue weighted by atomic mass is 10.1. The normalized spacial score (nSPS) is 13.0. The minimum absolute atomic E-state index is 0.0245. The standard InChI is InChI=1S/C12H17Cl2NO3S/c1-12(2,16)8-15(3)19(17,18)7-9-4-5-10(13)11(14)6-9/h4-6,16H,7-8H2,1-3H3. The van der Waals surface area contributed by atoms with Crippen LogP contribution in [0.15, 0.2) is 18.2 Å². The van der Waals surface area contributed by atoms with E-state index in [-0.39, 0.29) is 12.3 Å². The van der Waals surface area contributed by atoms with Gasteiger partial charge in [-0.3, -0.25) is 0 Å². The van der Waals surface area contributed by atoms with Gasteiger partial charge in [0.05, 0.1) is 21.4 Å². The van der Waals surface area contributed by atoms with Gasteiger partial charge in [-0.1, -0.05) is 29.3 Å². The molecule has 0 heterocycles. The summed E-state index contributed by atoms with van der Waals surface area (Å²) in [6.07, 6.45) is 0. The molecule has 0 aliphatic heterocycles. The first-order valence-corrected chi connectivity index (χ1v) is 7.98. The van der Waals surface area contributed by atoms with Crippen LogP contribution >= 0.6 is 23.2 Å². The molecule has 1 rings (SSSR count). The van der Waals surface area contributed by atoms with Crippen molar-refractivity contribution in [2.24, 2.45) is 0 Å². The molecule has 0 bridgehead atoms. The highest BCUT2D eigenvalue weighted by Gasteiger charge is 2.25. The summed E-state index contributed by atoms with van der Waals surface area (Å²) in [5, 5.41) is 10.4. The van der Waals surface area contributed by atoms with Gasteiger partial charge in [0, 0.05) is 13.6 Å². The number of nitrogens with zero attached hydrogens (tertiary/aromatic N) is 1. The fraction of sp³-hybridized carbons (Fsp3) is 0.500. The molecule has 0 spiro atoms. The van der Waals surface area contributed by atoms with Crippen LogP contribution in [0.1, 0.15) is 19.4 Å². The van der Waals surface area contributed by atoms with Crippen molar-refractivity contribution in [3.63, 3.8) is 0 Å². The first-order valence-electron chi connectivity index (χ1n) is 5.61. The van der Waals surface area contributed by atoms with Gasteiger partial charge >= 0.3 is 0 Å². The highest BCUT2D eigenvalue weighted by molar-refractivity contribution is 7.88. The first-order chi connectivity index (χ1) is 8.51. The molecular formula is C12H17Cl2NO3S. The zero-order chi connectivity index (χ0) is 14.8. The number of hydrogen-bond donors (Lipinski definition) is 1. The van der Waals surface area contributed by atoms with E-state index in [9.17, 15) is 13.5 Å². The molecule has 0 amide bonds. The summed E-state index contributed by atoms with van der Waals surface area (Å²) in [6.45, 7) is 3.13. The fourth-order valence-electron chi connectivity index (χ4n) is 1.59. The summed E-state index contributed by atoms with van der Waals surface area (Å²) in [4.78, 5) is 0. The summed E-state index contributed by atoms with van der Waals surface area (Å²) < 4.78 is 25.4. The number of benzene rings is 1. The summed E-state index contributed by atoms with van der Waals surface area (Å²) in [6, 6.07) is 4.70. The van der Waals surface area contributed by atoms with Crippen LogP contribution in [0.3, 0.4) is 0 Å². The Morgan fingerprint density at radius 1 is 1.26 bits per heavy atom. The van der Waals surface area contributed by atoms with Crippen molar-refractivity contribution >= 4 is 33.2 Å². The van der Waals surface area contributed by atoms with Crippen LogP contribution in [-0.4, -0.2) is 37.0 Å². The van der Waals surface area contributed by atoms with Crippen molar-refractivity contribution in [3.05, 3.63) is 33.8 Å². The van der Waals surface area contributed by atoms with E-state index in [0.717, 1.165) is 4.31 Å². The van der Waals surface area contributed by atoms with E-state index >= 15 is 0 Å². The Hall–Kier alpha value is -0.330. The van der Waals surface area contributed by atoms with Gasteiger partial charge in [-0.15, -0.1) is 0 Å². The van der Waals surface area contributed by atoms with Crippen molar-refractivity contribution in [1.82, 2.24) is 4.31 Å². The smallest absolute Gasteiger partial charge is 0.218 e. The lowest BCUT2D eigenvalue weighted by molar-refractivity contribution is 0.0639. The van der Waals surface area contributed by atoms with Crippen molar-refractivity contribution in [2.45, 2.75) is 25.2 Å². The van der Waals surface area contributed by atoms with E-state index in [1.807, 2.05) is 0 Å². The monoisotopic (exact) mass is 325 g/mol. The maximum Gasteiger partial charge on any atom is 0.218 e. The molecular weight excluding hydrogens is 309 g/mol. The zero-order valence-corrected chi connectivity index (χ0v) is 13.3. The third-order valence-corrected chi connectivity index (χ3v) is 4.93. The molecule has 0 radical (unpaired) electrons. The highest BCUT2D eigenvalue weighted by Crippen LogP contribution is 2.24. The molecule has 0 aliphatic carbocycles. The van der Waals surface area contributed by atoms with Crippen LogP contribution in [-0.2, 0) is 15.8 Å². The number of likely N-dealkylation sites (N-methyl/N-ethyl adjacent to an activating group) is 1. The summed E-state index contributed by atoms with van der Waals surface area (Å²) in [5.41, 5.74) is -0.531. The van der Waals surface area contributed by atoms with Gasteiger partial charge in [-0.25, -0.2) is 12.7 Å². The summed E-state index contributed by atoms with van der Waals surface area (Å²) in [7, 11) is -2.07. The second kappa shape index (κ2) is 5.97. The van der Waals surface area contributed by atoms with E-state index < -0.39 is 15.6 Å². The number of sulfonamides is 1. The first kappa shape index (κ1) is 16.7. The minimum atomic E-state index is -3.50. The Morgan fingerprint density at radius 3 is 2.32 bits per heavy atom. The van der Waals surface area contributed by atoms with Crippen LogP contribution in [0.25, 0.3) is 0 Å². The molecule has 1 N–H and O–H groups in total. The quantitative estimate of drug-likeness (QED) is 0.905. The van der Waals surface area contributed by atoms with Crippen LogP contribution in [0.5, 0.6) is 0 Å². The highest BCUT2D eigenvalue weighted by atomic mass is 35.5. The van der Waals surface area contributed by atoms with E-state index in [4.69, 9.17) is 23.2 Å². The van der Waals surface area contributed by atoms with Gasteiger partial charge in [-0.2, -0.15) is 0 Å². The molecule has 0 aliphatic rings. The van der Waals surface area contributed by atoms with Crippen molar-refractivity contribution in [1.29, 1.82) is 0 Å². The Kier molecular flexibility index (Phi) is 5.26. The SMILES string of the molecule is CN(CC(C)(C)O)S(=O)(=O)Cc1ccc(Cl)c(Cl)c1. The van der Waals surface area contributed by atoms with Crippen LogP contribution in [0.2, 0.25) is 10.0 Å². The second-order valence-corrected chi connectivity index (χ2v) is 7.96. The number of halogens is 2. The van der Waals surface area contributed by atoms with Crippen molar-refractivity contribution < 1.29 is 13.5 Å². The summed E-state index contributed by atoms with van der Waals surface area (Å²) >= 11 is 11.6. The van der Waals surface area contributed by atoms with E-state index in [1.165, 1.54) is 13.1 Å². The molecule has 1 aromatic carbocycles. The molecule has 4 nitrogen and oxygen atoms in total. The van der Waals surface area contributed by atoms with Crippen LogP contribution < -0.4 is 0 Å². The van der Waals surface area contributed by atoms with Crippen molar-refractivity contribution in [2.75, 3.05) is 13.6 Å². The van der Waals surface area contributed by atoms with Gasteiger partial charge in [0.2, 0.25) is 10.0 Å². The molecule has 0 unspecified atom stereocenters. The van der Waals surface area contributed by atoms with Crippen molar-refractivity contribution in [3.8, 4) is 0 Å². The topological polar surface area (TPSA) is 57.6 Å². The van der Waals surface area contributed by atoms with Gasteiger partial charge < -0.3 is 5.11 Å². The molecule has 7 heteroatoms. The van der Waals surface area contributed by atoms with Gasteiger partial charge in [0.25, 0.3) is 0 Å².